The molecule has 0 spiro atoms. The Kier molecular flexibility index (Phi) is 4.07. The first-order valence-corrected chi connectivity index (χ1v) is 9.07. The molecule has 0 amide bonds. The molecule has 1 aliphatic rings. The van der Waals surface area contributed by atoms with Crippen molar-refractivity contribution >= 4 is 10.0 Å². The fraction of sp³-hybridized carbons (Fsp3) is 0.500. The van der Waals surface area contributed by atoms with E-state index in [2.05, 4.69) is 15.0 Å². The molecular weight excluding hydrogens is 318 g/mol. The summed E-state index contributed by atoms with van der Waals surface area (Å²) in [5, 5.41) is 0. The first kappa shape index (κ1) is 15.9. The van der Waals surface area contributed by atoms with Gasteiger partial charge in [-0.25, -0.2) is 18.4 Å². The molecule has 2 aromatic heterocycles. The van der Waals surface area contributed by atoms with Crippen LogP contribution >= 0.6 is 0 Å². The smallest absolute Gasteiger partial charge is 0.232 e. The van der Waals surface area contributed by atoms with Crippen LogP contribution in [-0.2, 0) is 30.0 Å². The number of hydrogen-bond donors (Lipinski definition) is 0. The van der Waals surface area contributed by atoms with Crippen LogP contribution < -0.4 is 4.74 Å². The number of aromatic nitrogens is 4. The molecule has 0 radical (unpaired) electrons. The fourth-order valence-corrected chi connectivity index (χ4v) is 3.76. The Morgan fingerprint density at radius 1 is 1.39 bits per heavy atom. The van der Waals surface area contributed by atoms with Crippen LogP contribution in [0.25, 0.3) is 0 Å². The van der Waals surface area contributed by atoms with Crippen molar-refractivity contribution in [2.45, 2.75) is 25.9 Å². The highest BCUT2D eigenvalue weighted by molar-refractivity contribution is 7.88. The quantitative estimate of drug-likeness (QED) is 0.796. The van der Waals surface area contributed by atoms with Crippen molar-refractivity contribution in [2.75, 3.05) is 12.9 Å². The van der Waals surface area contributed by atoms with Crippen LogP contribution in [0.5, 0.6) is 5.88 Å². The third-order valence-electron chi connectivity index (χ3n) is 3.87. The number of aryl methyl sites for hydroxylation is 2. The Hall–Kier alpha value is -2.00. The van der Waals surface area contributed by atoms with Gasteiger partial charge < -0.3 is 9.30 Å². The van der Waals surface area contributed by atoms with Gasteiger partial charge in [0.05, 0.1) is 42.8 Å². The lowest BCUT2D eigenvalue weighted by atomic mass is 10.1. The molecule has 0 saturated heterocycles. The predicted octanol–water partition coefficient (Wildman–Crippen LogP) is 0.284. The maximum atomic E-state index is 12.1. The summed E-state index contributed by atoms with van der Waals surface area (Å²) < 4.78 is 33.2. The van der Waals surface area contributed by atoms with Crippen LogP contribution in [0.15, 0.2) is 18.7 Å². The van der Waals surface area contributed by atoms with Crippen molar-refractivity contribution < 1.29 is 13.2 Å². The van der Waals surface area contributed by atoms with E-state index in [1.54, 1.807) is 12.5 Å². The summed E-state index contributed by atoms with van der Waals surface area (Å²) in [4.78, 5) is 12.5. The minimum Gasteiger partial charge on any atom is -0.475 e. The lowest BCUT2D eigenvalue weighted by Gasteiger charge is -2.33. The summed E-state index contributed by atoms with van der Waals surface area (Å²) in [5.41, 5.74) is 2.58. The van der Waals surface area contributed by atoms with Crippen LogP contribution in [-0.4, -0.2) is 51.1 Å². The van der Waals surface area contributed by atoms with Crippen molar-refractivity contribution in [1.82, 2.24) is 23.8 Å². The van der Waals surface area contributed by atoms with Gasteiger partial charge in [-0.05, 0) is 6.92 Å². The molecule has 0 fully saturated rings. The van der Waals surface area contributed by atoms with E-state index in [0.717, 1.165) is 17.1 Å². The van der Waals surface area contributed by atoms with Crippen LogP contribution in [0.2, 0.25) is 0 Å². The highest BCUT2D eigenvalue weighted by Gasteiger charge is 2.34. The molecule has 124 valence electrons. The summed E-state index contributed by atoms with van der Waals surface area (Å²) in [7, 11) is -1.44. The molecule has 3 rings (SSSR count). The zero-order valence-corrected chi connectivity index (χ0v) is 14.1. The molecule has 0 N–H and O–H groups in total. The molecule has 9 heteroatoms. The summed E-state index contributed by atoms with van der Waals surface area (Å²) in [6, 6.07) is -0.296. The van der Waals surface area contributed by atoms with Crippen LogP contribution in [0.4, 0.5) is 0 Å². The van der Waals surface area contributed by atoms with Gasteiger partial charge in [0.2, 0.25) is 15.9 Å². The monoisotopic (exact) mass is 337 g/mol. The van der Waals surface area contributed by atoms with E-state index in [1.807, 2.05) is 18.5 Å². The van der Waals surface area contributed by atoms with Gasteiger partial charge in [0.1, 0.15) is 6.61 Å². The molecular formula is C14H19N5O3S. The highest BCUT2D eigenvalue weighted by Crippen LogP contribution is 2.24. The zero-order chi connectivity index (χ0) is 16.6. The Labute approximate surface area is 135 Å². The highest BCUT2D eigenvalue weighted by atomic mass is 32.2. The Morgan fingerprint density at radius 3 is 2.87 bits per heavy atom. The molecule has 8 nitrogen and oxygen atoms in total. The number of rotatable bonds is 4. The van der Waals surface area contributed by atoms with Crippen molar-refractivity contribution in [3.63, 3.8) is 0 Å². The number of imidazole rings is 1. The first-order chi connectivity index (χ1) is 10.8. The molecule has 0 unspecified atom stereocenters. The molecule has 2 aromatic rings. The number of ether oxygens (including phenoxy) is 1. The number of fused-ring (bicyclic) bond motifs is 1. The van der Waals surface area contributed by atoms with Gasteiger partial charge in [-0.2, -0.15) is 4.31 Å². The first-order valence-electron chi connectivity index (χ1n) is 7.22. The van der Waals surface area contributed by atoms with Crippen molar-refractivity contribution in [3.05, 3.63) is 35.8 Å². The average molecular weight is 337 g/mol. The minimum atomic E-state index is -3.35. The second-order valence-electron chi connectivity index (χ2n) is 5.72. The van der Waals surface area contributed by atoms with E-state index in [1.165, 1.54) is 16.8 Å². The van der Waals surface area contributed by atoms with E-state index < -0.39 is 10.0 Å². The van der Waals surface area contributed by atoms with Gasteiger partial charge in [0, 0.05) is 25.4 Å². The molecule has 0 bridgehead atoms. The molecule has 0 saturated carbocycles. The lowest BCUT2D eigenvalue weighted by Crippen LogP contribution is -2.47. The molecule has 0 aliphatic carbocycles. The van der Waals surface area contributed by atoms with Crippen LogP contribution in [0.1, 0.15) is 17.1 Å². The summed E-state index contributed by atoms with van der Waals surface area (Å²) in [5.74, 6) is 0.397. The van der Waals surface area contributed by atoms with Gasteiger partial charge in [0.15, 0.2) is 0 Å². The standard InChI is InChI=1S/C14H19N5O3S/c1-10-5-15-6-14(17-10)22-8-11-4-13-12(16-9-18(13)2)7-19(11)23(3,20)21/h5-6,9,11H,4,7-8H2,1-3H3/t11-/m1/s1. The van der Waals surface area contributed by atoms with Crippen molar-refractivity contribution in [1.29, 1.82) is 0 Å². The van der Waals surface area contributed by atoms with Gasteiger partial charge in [0.25, 0.3) is 0 Å². The van der Waals surface area contributed by atoms with Gasteiger partial charge in [-0.3, -0.25) is 4.98 Å². The zero-order valence-electron chi connectivity index (χ0n) is 13.3. The predicted molar refractivity (Wildman–Crippen MR) is 83.4 cm³/mol. The van der Waals surface area contributed by atoms with Gasteiger partial charge in [-0.15, -0.1) is 0 Å². The third kappa shape index (κ3) is 3.35. The Morgan fingerprint density at radius 2 is 2.17 bits per heavy atom. The van der Waals surface area contributed by atoms with E-state index >= 15 is 0 Å². The molecule has 1 aliphatic heterocycles. The molecule has 1 atom stereocenters. The normalized spacial score (nSPS) is 18.7. The number of nitrogens with zero attached hydrogens (tertiary/aromatic N) is 5. The van der Waals surface area contributed by atoms with Crippen LogP contribution in [0, 0.1) is 6.92 Å². The molecule has 3 heterocycles. The molecule has 23 heavy (non-hydrogen) atoms. The van der Waals surface area contributed by atoms with E-state index in [4.69, 9.17) is 4.74 Å². The van der Waals surface area contributed by atoms with Crippen LogP contribution in [0.3, 0.4) is 0 Å². The maximum absolute atomic E-state index is 12.1. The SMILES string of the molecule is Cc1cncc(OC[C@H]2Cc3c(ncn3C)CN2S(C)(=O)=O)n1. The third-order valence-corrected chi connectivity index (χ3v) is 5.15. The molecule has 0 aromatic carbocycles. The minimum absolute atomic E-state index is 0.218. The lowest BCUT2D eigenvalue weighted by molar-refractivity contribution is 0.181. The summed E-state index contributed by atoms with van der Waals surface area (Å²) in [6.07, 6.45) is 6.63. The van der Waals surface area contributed by atoms with E-state index in [0.29, 0.717) is 12.3 Å². The number of sulfonamides is 1. The Balaban J connectivity index is 1.82. The number of hydrogen-bond acceptors (Lipinski definition) is 6. The maximum Gasteiger partial charge on any atom is 0.232 e. The van der Waals surface area contributed by atoms with Gasteiger partial charge >= 0.3 is 0 Å². The van der Waals surface area contributed by atoms with Crippen molar-refractivity contribution in [3.8, 4) is 5.88 Å². The summed E-state index contributed by atoms with van der Waals surface area (Å²) >= 11 is 0. The fourth-order valence-electron chi connectivity index (χ4n) is 2.72. The topological polar surface area (TPSA) is 90.2 Å². The van der Waals surface area contributed by atoms with E-state index in [-0.39, 0.29) is 19.2 Å². The average Bonchev–Trinajstić information content (AvgIpc) is 2.84. The van der Waals surface area contributed by atoms with E-state index in [9.17, 15) is 8.42 Å². The van der Waals surface area contributed by atoms with Gasteiger partial charge in [-0.1, -0.05) is 0 Å². The Bertz CT molecular complexity index is 818. The largest absolute Gasteiger partial charge is 0.475 e. The second kappa shape index (κ2) is 5.89. The van der Waals surface area contributed by atoms with Crippen molar-refractivity contribution in [2.24, 2.45) is 7.05 Å². The summed E-state index contributed by atoms with van der Waals surface area (Å²) in [6.45, 7) is 2.31. The second-order valence-corrected chi connectivity index (χ2v) is 7.66.